The highest BCUT2D eigenvalue weighted by atomic mass is 35.5. The lowest BCUT2D eigenvalue weighted by Crippen LogP contribution is -2.39. The zero-order valence-electron chi connectivity index (χ0n) is 17.1. The predicted molar refractivity (Wildman–Crippen MR) is 120 cm³/mol. The molecule has 1 amide bonds. The molecule has 1 N–H and O–H groups in total. The number of Topliss-reactive ketones (excluding diaryl/α,β-unsaturated/α-hetero) is 1. The minimum absolute atomic E-state index is 0. The number of para-hydroxylation sites is 1. The number of morpholine rings is 1. The van der Waals surface area contributed by atoms with Crippen molar-refractivity contribution < 1.29 is 19.1 Å². The first-order valence-corrected chi connectivity index (χ1v) is 10.4. The summed E-state index contributed by atoms with van der Waals surface area (Å²) in [5.41, 5.74) is 1.32. The number of anilines is 2. The lowest BCUT2D eigenvalue weighted by molar-refractivity contribution is 0.0371. The number of ketones is 1. The standard InChI is InChI=1S/C20H26N4O4S.ClH/c1-23(7-10-27-2)20-22-17(14-29-20)19(26)21-16-6-4-3-5-15(16)18(25)13-24-8-11-28-12-9-24;/h3-6,14H,7-13H2,1-2H3,(H,21,26);1H. The molecule has 0 saturated carbocycles. The van der Waals surface area contributed by atoms with Crippen molar-refractivity contribution in [1.82, 2.24) is 9.88 Å². The molecule has 1 aliphatic heterocycles. The van der Waals surface area contributed by atoms with Crippen molar-refractivity contribution in [2.24, 2.45) is 0 Å². The number of carbonyl (C=O) groups excluding carboxylic acids is 2. The summed E-state index contributed by atoms with van der Waals surface area (Å²) < 4.78 is 10.4. The fraction of sp³-hybridized carbons (Fsp3) is 0.450. The van der Waals surface area contributed by atoms with Gasteiger partial charge in [-0.25, -0.2) is 4.98 Å². The fourth-order valence-electron chi connectivity index (χ4n) is 2.94. The van der Waals surface area contributed by atoms with Crippen LogP contribution in [0.25, 0.3) is 0 Å². The van der Waals surface area contributed by atoms with Crippen molar-refractivity contribution in [1.29, 1.82) is 0 Å². The van der Waals surface area contributed by atoms with E-state index in [4.69, 9.17) is 9.47 Å². The molecule has 3 rings (SSSR count). The van der Waals surface area contributed by atoms with Crippen LogP contribution in [0.15, 0.2) is 29.6 Å². The van der Waals surface area contributed by atoms with Crippen molar-refractivity contribution in [3.8, 4) is 0 Å². The molecule has 10 heteroatoms. The van der Waals surface area contributed by atoms with E-state index >= 15 is 0 Å². The zero-order valence-corrected chi connectivity index (χ0v) is 18.8. The summed E-state index contributed by atoms with van der Waals surface area (Å²) in [4.78, 5) is 33.9. The van der Waals surface area contributed by atoms with Gasteiger partial charge in [-0.1, -0.05) is 12.1 Å². The third-order valence-electron chi connectivity index (χ3n) is 4.63. The number of hydrogen-bond donors (Lipinski definition) is 1. The lowest BCUT2D eigenvalue weighted by Gasteiger charge is -2.26. The summed E-state index contributed by atoms with van der Waals surface area (Å²) in [5.74, 6) is -0.361. The van der Waals surface area contributed by atoms with Crippen LogP contribution in [0.4, 0.5) is 10.8 Å². The Morgan fingerprint density at radius 1 is 1.30 bits per heavy atom. The molecule has 0 aliphatic carbocycles. The maximum atomic E-state index is 12.8. The molecule has 1 fully saturated rings. The van der Waals surface area contributed by atoms with Gasteiger partial charge in [0.2, 0.25) is 0 Å². The first-order chi connectivity index (χ1) is 14.1. The van der Waals surface area contributed by atoms with Gasteiger partial charge in [0.05, 0.1) is 32.1 Å². The second-order valence-electron chi connectivity index (χ2n) is 6.74. The van der Waals surface area contributed by atoms with Crippen molar-refractivity contribution in [2.45, 2.75) is 0 Å². The number of amides is 1. The highest BCUT2D eigenvalue weighted by molar-refractivity contribution is 7.13. The number of methoxy groups -OCH3 is 1. The molecule has 0 atom stereocenters. The average molecular weight is 455 g/mol. The van der Waals surface area contributed by atoms with Crippen LogP contribution in [0, 0.1) is 0 Å². The van der Waals surface area contributed by atoms with Gasteiger partial charge in [-0.15, -0.1) is 23.7 Å². The van der Waals surface area contributed by atoms with Crippen molar-refractivity contribution in [3.63, 3.8) is 0 Å². The van der Waals surface area contributed by atoms with Gasteiger partial charge < -0.3 is 19.7 Å². The fourth-order valence-corrected chi connectivity index (χ4v) is 3.74. The third-order valence-corrected chi connectivity index (χ3v) is 5.58. The van der Waals surface area contributed by atoms with Gasteiger partial charge in [0.1, 0.15) is 5.69 Å². The van der Waals surface area contributed by atoms with E-state index in [0.29, 0.717) is 49.9 Å². The van der Waals surface area contributed by atoms with Gasteiger partial charge in [0, 0.05) is 44.7 Å². The molecule has 164 valence electrons. The molecule has 0 spiro atoms. The number of nitrogens with one attached hydrogen (secondary N) is 1. The van der Waals surface area contributed by atoms with Crippen LogP contribution in [0.1, 0.15) is 20.8 Å². The van der Waals surface area contributed by atoms with Crippen LogP contribution in [-0.2, 0) is 9.47 Å². The van der Waals surface area contributed by atoms with E-state index in [-0.39, 0.29) is 24.1 Å². The van der Waals surface area contributed by atoms with E-state index in [1.807, 2.05) is 11.9 Å². The van der Waals surface area contributed by atoms with Crippen LogP contribution in [0.2, 0.25) is 0 Å². The van der Waals surface area contributed by atoms with Crippen LogP contribution in [-0.4, -0.2) is 81.7 Å². The maximum absolute atomic E-state index is 12.8. The molecule has 1 aliphatic rings. The number of aromatic nitrogens is 1. The molecule has 2 heterocycles. The number of carbonyl (C=O) groups is 2. The average Bonchev–Trinajstić information content (AvgIpc) is 3.23. The summed E-state index contributed by atoms with van der Waals surface area (Å²) in [6.07, 6.45) is 0. The van der Waals surface area contributed by atoms with E-state index in [2.05, 4.69) is 15.2 Å². The highest BCUT2D eigenvalue weighted by Gasteiger charge is 2.20. The molecular formula is C20H27ClN4O4S. The Hall–Kier alpha value is -2.04. The molecule has 1 aromatic carbocycles. The Balaban J connectivity index is 0.00000320. The largest absolute Gasteiger partial charge is 0.383 e. The Morgan fingerprint density at radius 3 is 2.77 bits per heavy atom. The molecule has 0 unspecified atom stereocenters. The van der Waals surface area contributed by atoms with Crippen LogP contribution < -0.4 is 10.2 Å². The SMILES string of the molecule is COCCN(C)c1nc(C(=O)Nc2ccccc2C(=O)CN2CCOCC2)cs1.Cl. The maximum Gasteiger partial charge on any atom is 0.275 e. The van der Waals surface area contributed by atoms with Crippen LogP contribution >= 0.6 is 23.7 Å². The smallest absolute Gasteiger partial charge is 0.275 e. The Labute approximate surface area is 186 Å². The molecule has 0 radical (unpaired) electrons. The number of halogens is 1. The van der Waals surface area contributed by atoms with Gasteiger partial charge in [0.15, 0.2) is 10.9 Å². The number of likely N-dealkylation sites (N-methyl/N-ethyl adjacent to an activating group) is 1. The van der Waals surface area contributed by atoms with Gasteiger partial charge in [-0.3, -0.25) is 14.5 Å². The monoisotopic (exact) mass is 454 g/mol. The molecule has 2 aromatic rings. The van der Waals surface area contributed by atoms with Gasteiger partial charge >= 0.3 is 0 Å². The molecular weight excluding hydrogens is 428 g/mol. The number of ether oxygens (including phenoxy) is 2. The normalized spacial score (nSPS) is 14.1. The number of hydrogen-bond acceptors (Lipinski definition) is 8. The molecule has 0 bridgehead atoms. The molecule has 1 aromatic heterocycles. The minimum atomic E-state index is -0.334. The van der Waals surface area contributed by atoms with E-state index in [9.17, 15) is 9.59 Å². The minimum Gasteiger partial charge on any atom is -0.383 e. The quantitative estimate of drug-likeness (QED) is 0.582. The number of thiazole rings is 1. The van der Waals surface area contributed by atoms with E-state index in [1.165, 1.54) is 11.3 Å². The number of benzene rings is 1. The predicted octanol–water partition coefficient (Wildman–Crippen LogP) is 2.41. The van der Waals surface area contributed by atoms with Crippen LogP contribution in [0.3, 0.4) is 0 Å². The zero-order chi connectivity index (χ0) is 20.6. The Kier molecular flexibility index (Phi) is 9.67. The first-order valence-electron chi connectivity index (χ1n) is 9.47. The van der Waals surface area contributed by atoms with E-state index < -0.39 is 0 Å². The van der Waals surface area contributed by atoms with Gasteiger partial charge in [-0.05, 0) is 12.1 Å². The summed E-state index contributed by atoms with van der Waals surface area (Å²) in [6, 6.07) is 7.08. The van der Waals surface area contributed by atoms with Gasteiger partial charge in [0.25, 0.3) is 5.91 Å². The summed E-state index contributed by atoms with van der Waals surface area (Å²) in [6.45, 7) is 4.31. The second-order valence-corrected chi connectivity index (χ2v) is 7.58. The topological polar surface area (TPSA) is 84.0 Å². The first kappa shape index (κ1) is 24.2. The lowest BCUT2D eigenvalue weighted by atomic mass is 10.1. The summed E-state index contributed by atoms with van der Waals surface area (Å²) >= 11 is 1.39. The van der Waals surface area contributed by atoms with Gasteiger partial charge in [-0.2, -0.15) is 0 Å². The summed E-state index contributed by atoms with van der Waals surface area (Å²) in [5, 5.41) is 5.29. The van der Waals surface area contributed by atoms with Crippen LogP contribution in [0.5, 0.6) is 0 Å². The number of nitrogens with zero attached hydrogens (tertiary/aromatic N) is 3. The highest BCUT2D eigenvalue weighted by Crippen LogP contribution is 2.22. The molecule has 1 saturated heterocycles. The second kappa shape index (κ2) is 12.0. The van der Waals surface area contributed by atoms with Crippen molar-refractivity contribution in [2.75, 3.05) is 70.4 Å². The number of rotatable bonds is 9. The van der Waals surface area contributed by atoms with E-state index in [1.54, 1.807) is 36.8 Å². The van der Waals surface area contributed by atoms with E-state index in [0.717, 1.165) is 18.2 Å². The molecule has 8 nitrogen and oxygen atoms in total. The van der Waals surface area contributed by atoms with Crippen molar-refractivity contribution in [3.05, 3.63) is 40.9 Å². The van der Waals surface area contributed by atoms with Crippen molar-refractivity contribution >= 4 is 46.3 Å². The Bertz CT molecular complexity index is 842. The molecule has 30 heavy (non-hydrogen) atoms. The summed E-state index contributed by atoms with van der Waals surface area (Å²) in [7, 11) is 3.55. The third kappa shape index (κ3) is 6.48. The Morgan fingerprint density at radius 2 is 2.03 bits per heavy atom.